The molecule has 4 heteroatoms. The maximum Gasteiger partial charge on any atom is 0.183 e. The summed E-state index contributed by atoms with van der Waals surface area (Å²) >= 11 is 0. The van der Waals surface area contributed by atoms with Crippen LogP contribution in [0.4, 0.5) is 0 Å². The van der Waals surface area contributed by atoms with Crippen molar-refractivity contribution in [1.82, 2.24) is 0 Å². The van der Waals surface area contributed by atoms with Crippen molar-refractivity contribution in [2.24, 2.45) is 0 Å². The Labute approximate surface area is 97.2 Å². The van der Waals surface area contributed by atoms with E-state index in [0.29, 0.717) is 6.61 Å². The highest BCUT2D eigenvalue weighted by atomic mass is 16.6. The van der Waals surface area contributed by atoms with Crippen LogP contribution in [0.25, 0.3) is 0 Å². The van der Waals surface area contributed by atoms with Gasteiger partial charge < -0.3 is 19.7 Å². The highest BCUT2D eigenvalue weighted by Gasteiger charge is 2.24. The first-order chi connectivity index (χ1) is 7.34. The molecule has 0 saturated heterocycles. The molecule has 0 aliphatic heterocycles. The Morgan fingerprint density at radius 3 is 1.94 bits per heavy atom. The Morgan fingerprint density at radius 1 is 1.06 bits per heavy atom. The fraction of sp³-hybridized carbons (Fsp3) is 0.667. The Balaban J connectivity index is 3.95. The number of hydrogen-bond donors (Lipinski definition) is 2. The smallest absolute Gasteiger partial charge is 0.183 e. The molecular formula is C12H22O4. The van der Waals surface area contributed by atoms with Gasteiger partial charge in [-0.2, -0.15) is 0 Å². The molecule has 0 bridgehead atoms. The molecule has 0 heterocycles. The van der Waals surface area contributed by atoms with Crippen LogP contribution >= 0.6 is 0 Å². The van der Waals surface area contributed by atoms with E-state index >= 15 is 0 Å². The molecule has 0 aromatic heterocycles. The molecule has 16 heavy (non-hydrogen) atoms. The summed E-state index contributed by atoms with van der Waals surface area (Å²) in [6, 6.07) is 0. The lowest BCUT2D eigenvalue weighted by Gasteiger charge is -2.24. The van der Waals surface area contributed by atoms with Crippen molar-refractivity contribution < 1.29 is 19.7 Å². The molecule has 0 aliphatic rings. The molecule has 3 unspecified atom stereocenters. The van der Waals surface area contributed by atoms with E-state index in [4.69, 9.17) is 9.47 Å². The fourth-order valence-electron chi connectivity index (χ4n) is 0.930. The summed E-state index contributed by atoms with van der Waals surface area (Å²) in [6.07, 6.45) is -2.87. The van der Waals surface area contributed by atoms with E-state index in [0.717, 1.165) is 11.1 Å². The molecule has 0 fully saturated rings. The van der Waals surface area contributed by atoms with Crippen molar-refractivity contribution in [2.75, 3.05) is 13.2 Å². The van der Waals surface area contributed by atoms with E-state index in [9.17, 15) is 10.2 Å². The van der Waals surface area contributed by atoms with Gasteiger partial charge in [-0.1, -0.05) is 24.3 Å². The Bertz CT molecular complexity index is 213. The number of aliphatic hydroxyl groups is 2. The minimum absolute atomic E-state index is 0.214. The van der Waals surface area contributed by atoms with Crippen LogP contribution in [0.5, 0.6) is 0 Å². The van der Waals surface area contributed by atoms with Crippen molar-refractivity contribution in [3.05, 3.63) is 24.3 Å². The highest BCUT2D eigenvalue weighted by Crippen LogP contribution is 2.07. The second kappa shape index (κ2) is 7.57. The predicted molar refractivity (Wildman–Crippen MR) is 63.0 cm³/mol. The van der Waals surface area contributed by atoms with Crippen molar-refractivity contribution in [3.63, 3.8) is 0 Å². The zero-order valence-corrected chi connectivity index (χ0v) is 10.3. The molecule has 0 aromatic rings. The Hall–Kier alpha value is -0.680. The fourth-order valence-corrected chi connectivity index (χ4v) is 0.930. The first-order valence-corrected chi connectivity index (χ1v) is 5.22. The largest absolute Gasteiger partial charge is 0.385 e. The third-order valence-electron chi connectivity index (χ3n) is 1.87. The van der Waals surface area contributed by atoms with Crippen molar-refractivity contribution >= 4 is 0 Å². The summed E-state index contributed by atoms with van der Waals surface area (Å²) in [5.41, 5.74) is 1.64. The zero-order chi connectivity index (χ0) is 12.7. The van der Waals surface area contributed by atoms with Crippen LogP contribution in [0.3, 0.4) is 0 Å². The zero-order valence-electron chi connectivity index (χ0n) is 10.3. The van der Waals surface area contributed by atoms with E-state index in [1.165, 1.54) is 0 Å². The monoisotopic (exact) mass is 230 g/mol. The van der Waals surface area contributed by atoms with E-state index < -0.39 is 18.5 Å². The first kappa shape index (κ1) is 15.3. The summed E-state index contributed by atoms with van der Waals surface area (Å²) in [5, 5.41) is 19.1. The molecule has 0 radical (unpaired) electrons. The van der Waals surface area contributed by atoms with E-state index in [1.54, 1.807) is 13.8 Å². The van der Waals surface area contributed by atoms with E-state index in [-0.39, 0.29) is 6.61 Å². The molecular weight excluding hydrogens is 208 g/mol. The van der Waals surface area contributed by atoms with Gasteiger partial charge in [-0.25, -0.2) is 0 Å². The molecule has 0 aliphatic carbocycles. The summed E-state index contributed by atoms with van der Waals surface area (Å²) in [6.45, 7) is 13.1. The van der Waals surface area contributed by atoms with Gasteiger partial charge in [-0.05, 0) is 20.8 Å². The number of aliphatic hydroxyl groups excluding tert-OH is 2. The molecule has 0 amide bonds. The van der Waals surface area contributed by atoms with Gasteiger partial charge in [-0.3, -0.25) is 0 Å². The van der Waals surface area contributed by atoms with Crippen LogP contribution in [-0.2, 0) is 9.47 Å². The molecule has 94 valence electrons. The van der Waals surface area contributed by atoms with Gasteiger partial charge in [0.15, 0.2) is 6.29 Å². The summed E-state index contributed by atoms with van der Waals surface area (Å²) in [5.74, 6) is 0. The van der Waals surface area contributed by atoms with Gasteiger partial charge in [0.25, 0.3) is 0 Å². The number of ether oxygens (including phenoxy) is 2. The van der Waals surface area contributed by atoms with Crippen LogP contribution < -0.4 is 0 Å². The average molecular weight is 230 g/mol. The third-order valence-corrected chi connectivity index (χ3v) is 1.87. The van der Waals surface area contributed by atoms with E-state index in [2.05, 4.69) is 13.2 Å². The standard InChI is InChI=1S/C12H22O4/c1-8(2)6-15-10(5)11(13)12(14)16-7-9(3)4/h10-14H,1,3,6-7H2,2,4-5H3. The van der Waals surface area contributed by atoms with Crippen LogP contribution in [0, 0.1) is 0 Å². The molecule has 0 aromatic carbocycles. The van der Waals surface area contributed by atoms with Gasteiger partial charge in [0.1, 0.15) is 6.10 Å². The quantitative estimate of drug-likeness (QED) is 0.486. The molecule has 4 nitrogen and oxygen atoms in total. The second-order valence-electron chi connectivity index (χ2n) is 4.12. The topological polar surface area (TPSA) is 58.9 Å². The van der Waals surface area contributed by atoms with Gasteiger partial charge in [0, 0.05) is 0 Å². The van der Waals surface area contributed by atoms with Crippen LogP contribution in [-0.4, -0.2) is 41.9 Å². The predicted octanol–water partition coefficient (Wildman–Crippen LogP) is 1.24. The lowest BCUT2D eigenvalue weighted by atomic mass is 10.2. The van der Waals surface area contributed by atoms with Crippen molar-refractivity contribution in [3.8, 4) is 0 Å². The maximum absolute atomic E-state index is 9.65. The average Bonchev–Trinajstić information content (AvgIpc) is 2.21. The lowest BCUT2D eigenvalue weighted by molar-refractivity contribution is -0.188. The summed E-state index contributed by atoms with van der Waals surface area (Å²) in [7, 11) is 0. The second-order valence-corrected chi connectivity index (χ2v) is 4.12. The van der Waals surface area contributed by atoms with Crippen molar-refractivity contribution in [1.29, 1.82) is 0 Å². The first-order valence-electron chi connectivity index (χ1n) is 5.22. The summed E-state index contributed by atoms with van der Waals surface area (Å²) < 4.78 is 10.3. The Morgan fingerprint density at radius 2 is 1.50 bits per heavy atom. The molecule has 3 atom stereocenters. The minimum atomic E-state index is -1.27. The SMILES string of the molecule is C=C(C)COC(C)C(O)C(O)OCC(=C)C. The van der Waals surface area contributed by atoms with Crippen LogP contribution in [0.15, 0.2) is 24.3 Å². The van der Waals surface area contributed by atoms with Gasteiger partial charge in [0.05, 0.1) is 19.3 Å². The van der Waals surface area contributed by atoms with Gasteiger partial charge in [-0.15, -0.1) is 0 Å². The molecule has 0 saturated carbocycles. The van der Waals surface area contributed by atoms with Crippen LogP contribution in [0.2, 0.25) is 0 Å². The minimum Gasteiger partial charge on any atom is -0.385 e. The van der Waals surface area contributed by atoms with Gasteiger partial charge in [0.2, 0.25) is 0 Å². The van der Waals surface area contributed by atoms with Crippen LogP contribution in [0.1, 0.15) is 20.8 Å². The lowest BCUT2D eigenvalue weighted by Crippen LogP contribution is -2.39. The molecule has 2 N–H and O–H groups in total. The highest BCUT2D eigenvalue weighted by molar-refractivity contribution is 4.89. The van der Waals surface area contributed by atoms with Gasteiger partial charge >= 0.3 is 0 Å². The summed E-state index contributed by atoms with van der Waals surface area (Å²) in [4.78, 5) is 0. The number of rotatable bonds is 8. The maximum atomic E-state index is 9.65. The molecule has 0 rings (SSSR count). The van der Waals surface area contributed by atoms with E-state index in [1.807, 2.05) is 6.92 Å². The molecule has 0 spiro atoms. The Kier molecular flexibility index (Phi) is 7.25. The normalized spacial score (nSPS) is 16.6. The third kappa shape index (κ3) is 6.74. The van der Waals surface area contributed by atoms with Crippen molar-refractivity contribution in [2.45, 2.75) is 39.3 Å². The number of hydrogen-bond acceptors (Lipinski definition) is 4.